The van der Waals surface area contributed by atoms with Crippen molar-refractivity contribution >= 4 is 32.4 Å². The molecule has 0 atom stereocenters. The molecule has 3 rings (SSSR count). The standard InChI is InChI=1S/C19H24F2N4O3S2/c1-18(2,30(27,28)15-6-4-14(5-7-15)19(3,20)21)13-8-10-25(11-9-13)17(26)23-16-12-22-24-29-16/h4-7,12-13H,8-11H2,1-3H3,(H,23,26). The minimum absolute atomic E-state index is 0.0263. The van der Waals surface area contributed by atoms with E-state index in [-0.39, 0.29) is 22.4 Å². The van der Waals surface area contributed by atoms with Crippen LogP contribution in [0.4, 0.5) is 18.6 Å². The summed E-state index contributed by atoms with van der Waals surface area (Å²) in [6.07, 6.45) is 2.50. The molecule has 1 aliphatic heterocycles. The molecule has 11 heteroatoms. The van der Waals surface area contributed by atoms with E-state index in [2.05, 4.69) is 14.9 Å². The van der Waals surface area contributed by atoms with Gasteiger partial charge in [0.2, 0.25) is 0 Å². The molecule has 0 bridgehead atoms. The van der Waals surface area contributed by atoms with E-state index < -0.39 is 20.5 Å². The van der Waals surface area contributed by atoms with Crippen LogP contribution in [0.15, 0.2) is 35.4 Å². The van der Waals surface area contributed by atoms with Crippen molar-refractivity contribution in [1.29, 1.82) is 0 Å². The Bertz CT molecular complexity index is 980. The number of benzene rings is 1. The molecule has 1 aromatic heterocycles. The second-order valence-corrected chi connectivity index (χ2v) is 11.3. The smallest absolute Gasteiger partial charge is 0.322 e. The van der Waals surface area contributed by atoms with Crippen molar-refractivity contribution in [3.05, 3.63) is 36.0 Å². The number of alkyl halides is 2. The molecule has 1 aliphatic rings. The molecule has 0 unspecified atom stereocenters. The zero-order valence-corrected chi connectivity index (χ0v) is 18.6. The summed E-state index contributed by atoms with van der Waals surface area (Å²) < 4.78 is 56.0. The number of sulfone groups is 1. The molecule has 0 aliphatic carbocycles. The number of likely N-dealkylation sites (tertiary alicyclic amines) is 1. The minimum Gasteiger partial charge on any atom is -0.324 e. The van der Waals surface area contributed by atoms with Crippen molar-refractivity contribution in [2.45, 2.75) is 49.2 Å². The lowest BCUT2D eigenvalue weighted by molar-refractivity contribution is 0.0174. The third-order valence-electron chi connectivity index (χ3n) is 5.72. The van der Waals surface area contributed by atoms with Gasteiger partial charge in [0, 0.05) is 37.1 Å². The summed E-state index contributed by atoms with van der Waals surface area (Å²) in [4.78, 5) is 14.0. The van der Waals surface area contributed by atoms with E-state index in [4.69, 9.17) is 0 Å². The van der Waals surface area contributed by atoms with Crippen molar-refractivity contribution in [2.24, 2.45) is 5.92 Å². The third kappa shape index (κ3) is 4.46. The van der Waals surface area contributed by atoms with Gasteiger partial charge in [0.15, 0.2) is 9.84 Å². The summed E-state index contributed by atoms with van der Waals surface area (Å²) in [6, 6.07) is 4.54. The van der Waals surface area contributed by atoms with Crippen molar-refractivity contribution in [3.8, 4) is 0 Å². The van der Waals surface area contributed by atoms with Gasteiger partial charge in [-0.25, -0.2) is 22.0 Å². The molecule has 2 amide bonds. The molecule has 164 valence electrons. The number of nitrogens with zero attached hydrogens (tertiary/aromatic N) is 3. The molecule has 1 N–H and O–H groups in total. The average Bonchev–Trinajstić information content (AvgIpc) is 3.20. The number of hydrogen-bond acceptors (Lipinski definition) is 6. The van der Waals surface area contributed by atoms with Gasteiger partial charge in [-0.1, -0.05) is 16.6 Å². The van der Waals surface area contributed by atoms with E-state index in [9.17, 15) is 22.0 Å². The average molecular weight is 459 g/mol. The van der Waals surface area contributed by atoms with Gasteiger partial charge in [-0.3, -0.25) is 5.32 Å². The number of carbonyl (C=O) groups excluding carboxylic acids is 1. The van der Waals surface area contributed by atoms with Crippen LogP contribution in [-0.4, -0.2) is 46.8 Å². The van der Waals surface area contributed by atoms with E-state index in [1.54, 1.807) is 18.7 Å². The molecule has 2 heterocycles. The SMILES string of the molecule is CC(F)(F)c1ccc(S(=O)(=O)C(C)(C)C2CCN(C(=O)Nc3cnns3)CC2)cc1. The van der Waals surface area contributed by atoms with Crippen LogP contribution in [0.3, 0.4) is 0 Å². The van der Waals surface area contributed by atoms with Crippen molar-refractivity contribution in [3.63, 3.8) is 0 Å². The van der Waals surface area contributed by atoms with Crippen molar-refractivity contribution in [1.82, 2.24) is 14.5 Å². The summed E-state index contributed by atoms with van der Waals surface area (Å²) >= 11 is 1.08. The highest BCUT2D eigenvalue weighted by atomic mass is 32.2. The molecule has 1 saturated heterocycles. The maximum absolute atomic E-state index is 13.4. The number of piperidine rings is 1. The third-order valence-corrected chi connectivity index (χ3v) is 8.91. The molecule has 0 spiro atoms. The fourth-order valence-electron chi connectivity index (χ4n) is 3.63. The number of rotatable bonds is 5. The van der Waals surface area contributed by atoms with Crippen LogP contribution in [0.1, 0.15) is 39.2 Å². The maximum atomic E-state index is 13.4. The highest BCUT2D eigenvalue weighted by molar-refractivity contribution is 7.92. The summed E-state index contributed by atoms with van der Waals surface area (Å²) in [5.41, 5.74) is -0.227. The maximum Gasteiger partial charge on any atom is 0.322 e. The molecule has 1 aromatic carbocycles. The first-order valence-corrected chi connectivity index (χ1v) is 11.7. The van der Waals surface area contributed by atoms with Gasteiger partial charge in [0.05, 0.1) is 15.8 Å². The van der Waals surface area contributed by atoms with Gasteiger partial charge in [0.25, 0.3) is 5.92 Å². The summed E-state index contributed by atoms with van der Waals surface area (Å²) in [7, 11) is -3.76. The topological polar surface area (TPSA) is 92.3 Å². The largest absolute Gasteiger partial charge is 0.324 e. The molecular weight excluding hydrogens is 434 g/mol. The van der Waals surface area contributed by atoms with E-state index in [0.717, 1.165) is 30.6 Å². The highest BCUT2D eigenvalue weighted by Gasteiger charge is 2.44. The van der Waals surface area contributed by atoms with Crippen LogP contribution < -0.4 is 5.32 Å². The van der Waals surface area contributed by atoms with Crippen LogP contribution in [0, 0.1) is 5.92 Å². The Morgan fingerprint density at radius 3 is 2.27 bits per heavy atom. The second-order valence-electron chi connectivity index (χ2n) is 7.99. The fourth-order valence-corrected chi connectivity index (χ4v) is 5.82. The number of halogens is 2. The number of aromatic nitrogens is 2. The quantitative estimate of drug-likeness (QED) is 0.727. The summed E-state index contributed by atoms with van der Waals surface area (Å²) in [5, 5.41) is 6.93. The van der Waals surface area contributed by atoms with E-state index >= 15 is 0 Å². The fraction of sp³-hybridized carbons (Fsp3) is 0.526. The lowest BCUT2D eigenvalue weighted by Crippen LogP contribution is -2.48. The highest BCUT2D eigenvalue weighted by Crippen LogP contribution is 2.38. The lowest BCUT2D eigenvalue weighted by Gasteiger charge is -2.40. The Labute approximate surface area is 178 Å². The van der Waals surface area contributed by atoms with Crippen LogP contribution in [0.25, 0.3) is 0 Å². The molecule has 1 fully saturated rings. The van der Waals surface area contributed by atoms with Gasteiger partial charge in [-0.05, 0) is 44.7 Å². The Morgan fingerprint density at radius 1 is 1.17 bits per heavy atom. The normalized spacial score (nSPS) is 16.5. The number of carbonyl (C=O) groups is 1. The summed E-state index contributed by atoms with van der Waals surface area (Å²) in [6.45, 7) is 4.93. The first kappa shape index (κ1) is 22.5. The number of urea groups is 1. The predicted molar refractivity (Wildman–Crippen MR) is 110 cm³/mol. The Kier molecular flexibility index (Phi) is 6.15. The van der Waals surface area contributed by atoms with E-state index in [1.165, 1.54) is 18.3 Å². The van der Waals surface area contributed by atoms with Gasteiger partial charge in [0.1, 0.15) is 5.00 Å². The predicted octanol–water partition coefficient (Wildman–Crippen LogP) is 4.15. The number of hydrogen-bond donors (Lipinski definition) is 1. The van der Waals surface area contributed by atoms with Gasteiger partial charge in [-0.2, -0.15) is 0 Å². The van der Waals surface area contributed by atoms with E-state index in [0.29, 0.717) is 30.9 Å². The van der Waals surface area contributed by atoms with Crippen molar-refractivity contribution < 1.29 is 22.0 Å². The number of nitrogens with one attached hydrogen (secondary N) is 1. The monoisotopic (exact) mass is 458 g/mol. The van der Waals surface area contributed by atoms with Gasteiger partial charge in [-0.15, -0.1) is 5.10 Å². The second kappa shape index (κ2) is 8.18. The Hall–Kier alpha value is -2.14. The number of anilines is 1. The molecule has 0 saturated carbocycles. The Morgan fingerprint density at radius 2 is 1.77 bits per heavy atom. The van der Waals surface area contributed by atoms with E-state index in [1.807, 2.05) is 0 Å². The lowest BCUT2D eigenvalue weighted by atomic mass is 9.86. The number of amides is 2. The minimum atomic E-state index is -3.76. The zero-order chi connectivity index (χ0) is 22.2. The first-order valence-electron chi connectivity index (χ1n) is 9.49. The van der Waals surface area contributed by atoms with Crippen molar-refractivity contribution in [2.75, 3.05) is 18.4 Å². The van der Waals surface area contributed by atoms with Gasteiger partial charge >= 0.3 is 6.03 Å². The molecule has 7 nitrogen and oxygen atoms in total. The van der Waals surface area contributed by atoms with Crippen LogP contribution in [0.2, 0.25) is 0 Å². The Balaban J connectivity index is 1.68. The van der Waals surface area contributed by atoms with Crippen LogP contribution in [0.5, 0.6) is 0 Å². The molecule has 0 radical (unpaired) electrons. The molecule has 30 heavy (non-hydrogen) atoms. The summed E-state index contributed by atoms with van der Waals surface area (Å²) in [5.74, 6) is -3.20. The zero-order valence-electron chi connectivity index (χ0n) is 16.9. The van der Waals surface area contributed by atoms with Crippen LogP contribution in [-0.2, 0) is 15.8 Å². The first-order chi connectivity index (χ1) is 13.9. The van der Waals surface area contributed by atoms with Crippen LogP contribution >= 0.6 is 11.5 Å². The van der Waals surface area contributed by atoms with Gasteiger partial charge < -0.3 is 4.90 Å². The molecule has 2 aromatic rings. The molecular formula is C19H24F2N4O3S2.